The molecule has 0 aliphatic carbocycles. The first-order chi connectivity index (χ1) is 16.9. The summed E-state index contributed by atoms with van der Waals surface area (Å²) in [6.07, 6.45) is -1.88. The van der Waals surface area contributed by atoms with Gasteiger partial charge in [-0.15, -0.1) is 0 Å². The van der Waals surface area contributed by atoms with E-state index in [-0.39, 0.29) is 18.1 Å². The van der Waals surface area contributed by atoms with Gasteiger partial charge in [0.2, 0.25) is 0 Å². The first-order valence-corrected chi connectivity index (χ1v) is 11.0. The fraction of sp³-hybridized carbons (Fsp3) is 0.192. The van der Waals surface area contributed by atoms with Gasteiger partial charge in [0.1, 0.15) is 17.0 Å². The van der Waals surface area contributed by atoms with Crippen LogP contribution < -0.4 is 9.64 Å². The smallest absolute Gasteiger partial charge is 0.341 e. The number of benzene rings is 3. The lowest BCUT2D eigenvalue weighted by Crippen LogP contribution is -2.26. The molecule has 3 aromatic carbocycles. The number of aromatic nitrogens is 2. The van der Waals surface area contributed by atoms with Gasteiger partial charge >= 0.3 is 5.97 Å². The van der Waals surface area contributed by atoms with Crippen LogP contribution in [0.5, 0.6) is 5.75 Å². The van der Waals surface area contributed by atoms with Crippen LogP contribution in [0.3, 0.4) is 0 Å². The van der Waals surface area contributed by atoms with Gasteiger partial charge in [0, 0.05) is 16.3 Å². The van der Waals surface area contributed by atoms with E-state index in [1.807, 2.05) is 24.3 Å². The highest BCUT2D eigenvalue weighted by Gasteiger charge is 2.32. The Labute approximate surface area is 199 Å². The second-order valence-corrected chi connectivity index (χ2v) is 7.95. The molecule has 0 radical (unpaired) electrons. The maximum Gasteiger partial charge on any atom is 0.341 e. The average molecular weight is 477 g/mol. The third-order valence-electron chi connectivity index (χ3n) is 6.00. The first kappa shape index (κ1) is 22.5. The summed E-state index contributed by atoms with van der Waals surface area (Å²) >= 11 is 0. The van der Waals surface area contributed by atoms with Crippen LogP contribution in [0.4, 0.5) is 14.5 Å². The number of rotatable bonds is 7. The van der Waals surface area contributed by atoms with Crippen LogP contribution in [-0.2, 0) is 11.3 Å². The lowest BCUT2D eigenvalue weighted by molar-refractivity contribution is 0.0514. The standard InChI is InChI=1S/C26H21F2N3O4/c1-3-35-26(33)19-13-29-31(23(19)24(27)28)20-11-12-21-22-17(20)5-4-6-18(22)25(32)30(21)14-15-7-9-16(34-2)10-8-15/h4-13,24H,3,14H2,1-2H3. The zero-order valence-electron chi connectivity index (χ0n) is 19.0. The number of amides is 1. The Morgan fingerprint density at radius 1 is 1.06 bits per heavy atom. The number of carbonyl (C=O) groups is 2. The van der Waals surface area contributed by atoms with E-state index in [2.05, 4.69) is 5.10 Å². The van der Waals surface area contributed by atoms with Gasteiger partial charge in [0.15, 0.2) is 0 Å². The van der Waals surface area contributed by atoms with Gasteiger partial charge in [-0.25, -0.2) is 18.3 Å². The van der Waals surface area contributed by atoms with Crippen molar-refractivity contribution in [3.05, 3.63) is 83.2 Å². The number of nitrogens with zero attached hydrogens (tertiary/aromatic N) is 3. The molecule has 1 aliphatic rings. The van der Waals surface area contributed by atoms with E-state index >= 15 is 0 Å². The van der Waals surface area contributed by atoms with Gasteiger partial charge in [-0.05, 0) is 42.8 Å². The number of methoxy groups -OCH3 is 1. The van der Waals surface area contributed by atoms with E-state index < -0.39 is 18.1 Å². The van der Waals surface area contributed by atoms with Crippen LogP contribution in [0.2, 0.25) is 0 Å². The molecule has 0 fully saturated rings. The Morgan fingerprint density at radius 2 is 1.80 bits per heavy atom. The molecular weight excluding hydrogens is 456 g/mol. The van der Waals surface area contributed by atoms with E-state index in [0.717, 1.165) is 16.4 Å². The SMILES string of the molecule is CCOC(=O)c1cnn(-c2ccc3c4c(cccc24)C(=O)N3Cc2ccc(OC)cc2)c1C(F)F. The molecule has 0 saturated carbocycles. The molecule has 0 N–H and O–H groups in total. The number of esters is 1. The monoisotopic (exact) mass is 477 g/mol. The van der Waals surface area contributed by atoms with Gasteiger partial charge in [-0.2, -0.15) is 5.10 Å². The number of hydrogen-bond acceptors (Lipinski definition) is 5. The van der Waals surface area contributed by atoms with E-state index in [4.69, 9.17) is 9.47 Å². The zero-order valence-corrected chi connectivity index (χ0v) is 19.0. The van der Waals surface area contributed by atoms with Crippen molar-refractivity contribution in [3.63, 3.8) is 0 Å². The first-order valence-electron chi connectivity index (χ1n) is 11.0. The predicted molar refractivity (Wildman–Crippen MR) is 125 cm³/mol. The normalized spacial score (nSPS) is 12.6. The molecule has 1 aliphatic heterocycles. The number of carbonyl (C=O) groups excluding carboxylic acids is 2. The van der Waals surface area contributed by atoms with Crippen molar-refractivity contribution < 1.29 is 27.8 Å². The summed E-state index contributed by atoms with van der Waals surface area (Å²) in [5.41, 5.74) is 1.57. The van der Waals surface area contributed by atoms with Gasteiger partial charge in [-0.1, -0.05) is 24.3 Å². The highest BCUT2D eigenvalue weighted by atomic mass is 19.3. The maximum atomic E-state index is 14.1. The molecule has 0 bridgehead atoms. The summed E-state index contributed by atoms with van der Waals surface area (Å²) in [5, 5.41) is 5.31. The van der Waals surface area contributed by atoms with E-state index in [1.54, 1.807) is 49.3 Å². The number of halogens is 2. The zero-order chi connectivity index (χ0) is 24.7. The van der Waals surface area contributed by atoms with Crippen molar-refractivity contribution >= 4 is 28.3 Å². The quantitative estimate of drug-likeness (QED) is 0.338. The molecule has 4 aromatic rings. The maximum absolute atomic E-state index is 14.1. The molecule has 178 valence electrons. The topological polar surface area (TPSA) is 73.7 Å². The Bertz CT molecular complexity index is 1450. The van der Waals surface area contributed by atoms with Crippen molar-refractivity contribution in [2.75, 3.05) is 18.6 Å². The lowest BCUT2D eigenvalue weighted by Gasteiger charge is -2.19. The van der Waals surface area contributed by atoms with Gasteiger partial charge in [0.05, 0.1) is 37.8 Å². The molecule has 0 unspecified atom stereocenters. The molecule has 9 heteroatoms. The van der Waals surface area contributed by atoms with Crippen LogP contribution in [-0.4, -0.2) is 35.4 Å². The molecule has 0 atom stereocenters. The highest BCUT2D eigenvalue weighted by molar-refractivity contribution is 6.26. The third kappa shape index (κ3) is 3.69. The summed E-state index contributed by atoms with van der Waals surface area (Å²) in [4.78, 5) is 27.2. The van der Waals surface area contributed by atoms with E-state index in [0.29, 0.717) is 40.0 Å². The second-order valence-electron chi connectivity index (χ2n) is 7.95. The Morgan fingerprint density at radius 3 is 2.49 bits per heavy atom. The van der Waals surface area contributed by atoms with E-state index in [1.165, 1.54) is 0 Å². The Hall–Kier alpha value is -4.27. The summed E-state index contributed by atoms with van der Waals surface area (Å²) < 4.78 is 39.3. The van der Waals surface area contributed by atoms with Crippen molar-refractivity contribution in [2.24, 2.45) is 0 Å². The van der Waals surface area contributed by atoms with Crippen molar-refractivity contribution in [3.8, 4) is 11.4 Å². The van der Waals surface area contributed by atoms with Crippen molar-refractivity contribution in [1.29, 1.82) is 0 Å². The van der Waals surface area contributed by atoms with Crippen LogP contribution in [0, 0.1) is 0 Å². The summed E-state index contributed by atoms with van der Waals surface area (Å²) in [5.74, 6) is -0.325. The molecular formula is C26H21F2N3O4. The Kier molecular flexibility index (Phi) is 5.68. The number of alkyl halides is 2. The van der Waals surface area contributed by atoms with Crippen LogP contribution in [0.25, 0.3) is 16.5 Å². The van der Waals surface area contributed by atoms with Gasteiger partial charge < -0.3 is 14.4 Å². The summed E-state index contributed by atoms with van der Waals surface area (Å²) in [6.45, 7) is 1.99. The lowest BCUT2D eigenvalue weighted by atomic mass is 10.0. The summed E-state index contributed by atoms with van der Waals surface area (Å²) in [7, 11) is 1.59. The molecule has 1 amide bonds. The minimum Gasteiger partial charge on any atom is -0.497 e. The largest absolute Gasteiger partial charge is 0.497 e. The fourth-order valence-electron chi connectivity index (χ4n) is 4.41. The molecule has 0 saturated heterocycles. The molecule has 1 aromatic heterocycles. The van der Waals surface area contributed by atoms with Crippen molar-refractivity contribution in [1.82, 2.24) is 9.78 Å². The number of hydrogen-bond donors (Lipinski definition) is 0. The highest BCUT2D eigenvalue weighted by Crippen LogP contribution is 2.41. The molecule has 7 nitrogen and oxygen atoms in total. The number of ether oxygens (including phenoxy) is 2. The van der Waals surface area contributed by atoms with Gasteiger partial charge in [0.25, 0.3) is 12.3 Å². The second kappa shape index (κ2) is 8.83. The van der Waals surface area contributed by atoms with Crippen molar-refractivity contribution in [2.45, 2.75) is 19.9 Å². The van der Waals surface area contributed by atoms with Crippen LogP contribution in [0.15, 0.2) is 60.8 Å². The summed E-state index contributed by atoms with van der Waals surface area (Å²) in [6, 6.07) is 15.9. The molecule has 35 heavy (non-hydrogen) atoms. The number of anilines is 1. The molecule has 0 spiro atoms. The Balaban J connectivity index is 1.61. The van der Waals surface area contributed by atoms with Crippen LogP contribution in [0.1, 0.15) is 45.3 Å². The molecule has 5 rings (SSSR count). The minimum absolute atomic E-state index is 0.0554. The predicted octanol–water partition coefficient (Wildman–Crippen LogP) is 5.31. The molecule has 2 heterocycles. The third-order valence-corrected chi connectivity index (χ3v) is 6.00. The fourth-order valence-corrected chi connectivity index (χ4v) is 4.41. The minimum atomic E-state index is -2.96. The van der Waals surface area contributed by atoms with E-state index in [9.17, 15) is 18.4 Å². The average Bonchev–Trinajstić information content (AvgIpc) is 3.42. The van der Waals surface area contributed by atoms with Gasteiger partial charge in [-0.3, -0.25) is 4.79 Å². The van der Waals surface area contributed by atoms with Crippen LogP contribution >= 0.6 is 0 Å².